The first-order valence-corrected chi connectivity index (χ1v) is 6.93. The lowest BCUT2D eigenvalue weighted by atomic mass is 10.2. The molecule has 2 rings (SSSR count). The minimum Gasteiger partial charge on any atom is -0.327 e. The quantitative estimate of drug-likeness (QED) is 0.873. The number of anilines is 2. The summed E-state index contributed by atoms with van der Waals surface area (Å²) in [6, 6.07) is 10.6. The van der Waals surface area contributed by atoms with Crippen LogP contribution >= 0.6 is 0 Å². The molecule has 0 spiro atoms. The Kier molecular flexibility index (Phi) is 5.07. The van der Waals surface area contributed by atoms with Crippen molar-refractivity contribution in [3.05, 3.63) is 54.0 Å². The topological polar surface area (TPSA) is 28.2 Å². The number of hydrogen-bond acceptors (Lipinski definition) is 3. The molecule has 0 unspecified atom stereocenters. The number of halogens is 1. The van der Waals surface area contributed by atoms with Crippen LogP contribution in [0.25, 0.3) is 0 Å². The molecule has 1 heterocycles. The lowest BCUT2D eigenvalue weighted by molar-refractivity contribution is 0.627. The Morgan fingerprint density at radius 2 is 2.05 bits per heavy atom. The molecule has 1 aromatic heterocycles. The summed E-state index contributed by atoms with van der Waals surface area (Å²) >= 11 is 0. The third kappa shape index (κ3) is 3.54. The van der Waals surface area contributed by atoms with Crippen LogP contribution in [0.5, 0.6) is 0 Å². The number of pyridine rings is 1. The van der Waals surface area contributed by atoms with Crippen molar-refractivity contribution in [2.45, 2.75) is 20.4 Å². The van der Waals surface area contributed by atoms with Gasteiger partial charge in [-0.1, -0.05) is 19.1 Å². The summed E-state index contributed by atoms with van der Waals surface area (Å²) in [5.41, 5.74) is 1.96. The predicted octanol–water partition coefficient (Wildman–Crippen LogP) is 3.49. The Morgan fingerprint density at radius 3 is 2.65 bits per heavy atom. The Hall–Kier alpha value is -1.94. The SMILES string of the molecule is CCNCc1ccc(N(CC)c2cccc(F)c2)nc1. The number of benzene rings is 1. The molecule has 4 heteroatoms. The third-order valence-corrected chi connectivity index (χ3v) is 3.10. The number of aromatic nitrogens is 1. The van der Waals surface area contributed by atoms with Crippen LogP contribution in [0.3, 0.4) is 0 Å². The molecule has 0 aliphatic heterocycles. The molecule has 1 aromatic carbocycles. The van der Waals surface area contributed by atoms with Gasteiger partial charge < -0.3 is 10.2 Å². The van der Waals surface area contributed by atoms with Crippen molar-refractivity contribution in [1.29, 1.82) is 0 Å². The second-order valence-corrected chi connectivity index (χ2v) is 4.53. The first kappa shape index (κ1) is 14.5. The van der Waals surface area contributed by atoms with Gasteiger partial charge in [-0.2, -0.15) is 0 Å². The van der Waals surface area contributed by atoms with E-state index in [0.717, 1.165) is 36.7 Å². The van der Waals surface area contributed by atoms with Crippen LogP contribution < -0.4 is 10.2 Å². The van der Waals surface area contributed by atoms with Gasteiger partial charge in [0.15, 0.2) is 0 Å². The summed E-state index contributed by atoms with van der Waals surface area (Å²) in [5, 5.41) is 3.26. The normalized spacial score (nSPS) is 10.6. The zero-order valence-corrected chi connectivity index (χ0v) is 11.9. The van der Waals surface area contributed by atoms with Crippen LogP contribution in [0.4, 0.5) is 15.9 Å². The largest absolute Gasteiger partial charge is 0.327 e. The lowest BCUT2D eigenvalue weighted by Gasteiger charge is -2.22. The molecule has 0 amide bonds. The maximum atomic E-state index is 13.3. The molecular formula is C16H20FN3. The monoisotopic (exact) mass is 273 g/mol. The molecule has 2 aromatic rings. The maximum Gasteiger partial charge on any atom is 0.132 e. The maximum absolute atomic E-state index is 13.3. The molecule has 0 atom stereocenters. The van der Waals surface area contributed by atoms with Gasteiger partial charge in [0.25, 0.3) is 0 Å². The second-order valence-electron chi connectivity index (χ2n) is 4.53. The van der Waals surface area contributed by atoms with Gasteiger partial charge in [-0.15, -0.1) is 0 Å². The van der Waals surface area contributed by atoms with Gasteiger partial charge >= 0.3 is 0 Å². The molecule has 0 aliphatic rings. The molecule has 3 nitrogen and oxygen atoms in total. The van der Waals surface area contributed by atoms with E-state index in [0.29, 0.717) is 0 Å². The van der Waals surface area contributed by atoms with Crippen LogP contribution in [-0.2, 0) is 6.54 Å². The average molecular weight is 273 g/mol. The summed E-state index contributed by atoms with van der Waals surface area (Å²) in [6.07, 6.45) is 1.86. The molecular weight excluding hydrogens is 253 g/mol. The van der Waals surface area contributed by atoms with Crippen molar-refractivity contribution in [2.75, 3.05) is 18.0 Å². The van der Waals surface area contributed by atoms with Crippen molar-refractivity contribution in [2.24, 2.45) is 0 Å². The van der Waals surface area contributed by atoms with Crippen molar-refractivity contribution in [1.82, 2.24) is 10.3 Å². The van der Waals surface area contributed by atoms with Gasteiger partial charge in [-0.3, -0.25) is 0 Å². The van der Waals surface area contributed by atoms with E-state index in [2.05, 4.69) is 17.2 Å². The zero-order chi connectivity index (χ0) is 14.4. The first-order chi connectivity index (χ1) is 9.74. The molecule has 20 heavy (non-hydrogen) atoms. The predicted molar refractivity (Wildman–Crippen MR) is 80.7 cm³/mol. The van der Waals surface area contributed by atoms with Crippen molar-refractivity contribution in [3.63, 3.8) is 0 Å². The highest BCUT2D eigenvalue weighted by Gasteiger charge is 2.09. The van der Waals surface area contributed by atoms with Crippen LogP contribution in [0, 0.1) is 5.82 Å². The van der Waals surface area contributed by atoms with E-state index in [4.69, 9.17) is 0 Å². The summed E-state index contributed by atoms with van der Waals surface area (Å²) in [5.74, 6) is 0.600. The molecule has 0 fully saturated rings. The Bertz CT molecular complexity index is 540. The van der Waals surface area contributed by atoms with Crippen LogP contribution in [0.2, 0.25) is 0 Å². The zero-order valence-electron chi connectivity index (χ0n) is 11.9. The third-order valence-electron chi connectivity index (χ3n) is 3.10. The van der Waals surface area contributed by atoms with Crippen LogP contribution in [0.15, 0.2) is 42.6 Å². The standard InChI is InChI=1S/C16H20FN3/c1-3-18-11-13-8-9-16(19-12-13)20(4-2)15-7-5-6-14(17)10-15/h5-10,12,18H,3-4,11H2,1-2H3. The van der Waals surface area contributed by atoms with Gasteiger partial charge in [-0.05, 0) is 43.3 Å². The van der Waals surface area contributed by atoms with Gasteiger partial charge in [0.2, 0.25) is 0 Å². The van der Waals surface area contributed by atoms with Gasteiger partial charge in [0, 0.05) is 25.0 Å². The van der Waals surface area contributed by atoms with Gasteiger partial charge in [0.1, 0.15) is 11.6 Å². The number of rotatable bonds is 6. The van der Waals surface area contributed by atoms with E-state index in [9.17, 15) is 4.39 Å². The fourth-order valence-corrected chi connectivity index (χ4v) is 2.07. The summed E-state index contributed by atoms with van der Waals surface area (Å²) in [4.78, 5) is 6.46. The number of nitrogens with zero attached hydrogens (tertiary/aromatic N) is 2. The Labute approximate surface area is 119 Å². The van der Waals surface area contributed by atoms with Gasteiger partial charge in [0.05, 0.1) is 0 Å². The number of nitrogens with one attached hydrogen (secondary N) is 1. The molecule has 0 bridgehead atoms. The highest BCUT2D eigenvalue weighted by atomic mass is 19.1. The van der Waals surface area contributed by atoms with E-state index in [1.165, 1.54) is 12.1 Å². The molecule has 0 saturated carbocycles. The van der Waals surface area contributed by atoms with Crippen molar-refractivity contribution >= 4 is 11.5 Å². The van der Waals surface area contributed by atoms with E-state index >= 15 is 0 Å². The smallest absolute Gasteiger partial charge is 0.132 e. The minimum absolute atomic E-state index is 0.232. The summed E-state index contributed by atoms with van der Waals surface area (Å²) in [7, 11) is 0. The van der Waals surface area contributed by atoms with E-state index in [1.54, 1.807) is 6.07 Å². The first-order valence-electron chi connectivity index (χ1n) is 6.93. The molecule has 1 N–H and O–H groups in total. The van der Waals surface area contributed by atoms with E-state index in [-0.39, 0.29) is 5.82 Å². The highest BCUT2D eigenvalue weighted by molar-refractivity contribution is 5.59. The molecule has 0 saturated heterocycles. The Balaban J connectivity index is 2.19. The summed E-state index contributed by atoms with van der Waals surface area (Å²) < 4.78 is 13.3. The molecule has 106 valence electrons. The van der Waals surface area contributed by atoms with Crippen molar-refractivity contribution in [3.8, 4) is 0 Å². The Morgan fingerprint density at radius 1 is 1.20 bits per heavy atom. The minimum atomic E-state index is -0.232. The van der Waals surface area contributed by atoms with Crippen molar-refractivity contribution < 1.29 is 4.39 Å². The summed E-state index contributed by atoms with van der Waals surface area (Å²) in [6.45, 7) is 6.59. The fraction of sp³-hybridized carbons (Fsp3) is 0.312. The van der Waals surface area contributed by atoms with E-state index < -0.39 is 0 Å². The highest BCUT2D eigenvalue weighted by Crippen LogP contribution is 2.23. The number of hydrogen-bond donors (Lipinski definition) is 1. The van der Waals surface area contributed by atoms with Gasteiger partial charge in [-0.25, -0.2) is 9.37 Å². The molecule has 0 radical (unpaired) electrons. The van der Waals surface area contributed by atoms with E-state index in [1.807, 2.05) is 36.2 Å². The average Bonchev–Trinajstić information content (AvgIpc) is 2.47. The molecule has 0 aliphatic carbocycles. The van der Waals surface area contributed by atoms with Crippen LogP contribution in [0.1, 0.15) is 19.4 Å². The second kappa shape index (κ2) is 7.01. The van der Waals surface area contributed by atoms with Crippen LogP contribution in [-0.4, -0.2) is 18.1 Å². The fourth-order valence-electron chi connectivity index (χ4n) is 2.07. The lowest BCUT2D eigenvalue weighted by Crippen LogP contribution is -2.18.